The molecule has 9 nitrogen and oxygen atoms in total. The largest absolute Gasteiger partial charge is 0.497 e. The first-order chi connectivity index (χ1) is 12.9. The molecule has 142 valence electrons. The molecular formula is C18H19N3O6. The third-order valence-corrected chi connectivity index (χ3v) is 3.74. The van der Waals surface area contributed by atoms with E-state index in [1.807, 2.05) is 6.07 Å². The van der Waals surface area contributed by atoms with Gasteiger partial charge in [0.1, 0.15) is 5.75 Å². The van der Waals surface area contributed by atoms with E-state index in [1.165, 1.54) is 31.4 Å². The van der Waals surface area contributed by atoms with E-state index in [2.05, 4.69) is 10.6 Å². The Morgan fingerprint density at radius 2 is 1.81 bits per heavy atom. The molecule has 0 saturated heterocycles. The van der Waals surface area contributed by atoms with Gasteiger partial charge in [0.25, 0.3) is 5.69 Å². The van der Waals surface area contributed by atoms with Gasteiger partial charge in [-0.1, -0.05) is 12.1 Å². The van der Waals surface area contributed by atoms with E-state index in [0.717, 1.165) is 5.56 Å². The summed E-state index contributed by atoms with van der Waals surface area (Å²) in [7, 11) is 3.04. The number of non-ortho nitro benzene ring substituents is 1. The van der Waals surface area contributed by atoms with Crippen molar-refractivity contribution < 1.29 is 24.0 Å². The molecule has 9 heteroatoms. The number of nitrogens with one attached hydrogen (secondary N) is 2. The number of ether oxygens (including phenoxy) is 2. The van der Waals surface area contributed by atoms with Crippen LogP contribution in [0.5, 0.6) is 5.75 Å². The molecular weight excluding hydrogens is 354 g/mol. The van der Waals surface area contributed by atoms with Crippen LogP contribution in [0.4, 0.5) is 11.4 Å². The van der Waals surface area contributed by atoms with Crippen molar-refractivity contribution in [3.05, 3.63) is 64.2 Å². The predicted octanol–water partition coefficient (Wildman–Crippen LogP) is 2.05. The molecule has 0 fully saturated rings. The molecule has 0 aromatic heterocycles. The lowest BCUT2D eigenvalue weighted by molar-refractivity contribution is -0.384. The fourth-order valence-corrected chi connectivity index (χ4v) is 2.30. The summed E-state index contributed by atoms with van der Waals surface area (Å²) in [5.74, 6) is -1.08. The first kappa shape index (κ1) is 19.9. The summed E-state index contributed by atoms with van der Waals surface area (Å²) in [5, 5.41) is 15.5. The van der Waals surface area contributed by atoms with Crippen LogP contribution in [0.1, 0.15) is 11.7 Å². The molecule has 0 aliphatic rings. The molecule has 0 spiro atoms. The van der Waals surface area contributed by atoms with Crippen LogP contribution < -0.4 is 15.4 Å². The van der Waals surface area contributed by atoms with Crippen molar-refractivity contribution in [3.63, 3.8) is 0 Å². The fraction of sp³-hybridized carbons (Fsp3) is 0.222. The lowest BCUT2D eigenvalue weighted by atomic mass is 10.1. The number of benzene rings is 2. The highest BCUT2D eigenvalue weighted by Gasteiger charge is 2.18. The topological polar surface area (TPSA) is 120 Å². The van der Waals surface area contributed by atoms with Gasteiger partial charge in [-0.15, -0.1) is 0 Å². The summed E-state index contributed by atoms with van der Waals surface area (Å²) in [6.45, 7) is 0.0795. The summed E-state index contributed by atoms with van der Waals surface area (Å²) in [6, 6.07) is 12.3. The van der Waals surface area contributed by atoms with Crippen LogP contribution in [0, 0.1) is 10.1 Å². The Kier molecular flexibility index (Phi) is 6.84. The number of hydrogen-bond acceptors (Lipinski definition) is 6. The molecule has 0 aliphatic heterocycles. The van der Waals surface area contributed by atoms with Gasteiger partial charge in [0.05, 0.1) is 18.1 Å². The van der Waals surface area contributed by atoms with Gasteiger partial charge in [-0.2, -0.15) is 0 Å². The summed E-state index contributed by atoms with van der Waals surface area (Å²) >= 11 is 0. The number of methoxy groups -OCH3 is 2. The SMILES string of the molecule is COc1cccc(C(CNC(=O)C(=O)Nc2ccc([N+](=O)[O-])cc2)OC)c1. The maximum absolute atomic E-state index is 12.0. The van der Waals surface area contributed by atoms with E-state index in [1.54, 1.807) is 25.3 Å². The minimum atomic E-state index is -0.885. The van der Waals surface area contributed by atoms with Gasteiger partial charge in [-0.25, -0.2) is 0 Å². The second kappa shape index (κ2) is 9.30. The summed E-state index contributed by atoms with van der Waals surface area (Å²) in [5.41, 5.74) is 0.948. The second-order valence-electron chi connectivity index (χ2n) is 5.47. The number of amides is 2. The normalized spacial score (nSPS) is 11.3. The molecule has 2 aromatic rings. The van der Waals surface area contributed by atoms with Crippen LogP contribution in [0.3, 0.4) is 0 Å². The first-order valence-electron chi connectivity index (χ1n) is 7.95. The third-order valence-electron chi connectivity index (χ3n) is 3.74. The van der Waals surface area contributed by atoms with Gasteiger partial charge < -0.3 is 20.1 Å². The number of carbonyl (C=O) groups excluding carboxylic acids is 2. The Morgan fingerprint density at radius 3 is 2.41 bits per heavy atom. The average Bonchev–Trinajstić information content (AvgIpc) is 2.68. The standard InChI is InChI=1S/C18H19N3O6/c1-26-15-5-3-4-12(10-15)16(27-2)11-19-17(22)18(23)20-13-6-8-14(9-7-13)21(24)25/h3-10,16H,11H2,1-2H3,(H,19,22)(H,20,23). The van der Waals surface area contributed by atoms with Gasteiger partial charge in [-0.05, 0) is 29.8 Å². The molecule has 0 radical (unpaired) electrons. The van der Waals surface area contributed by atoms with Crippen molar-refractivity contribution in [2.45, 2.75) is 6.10 Å². The lowest BCUT2D eigenvalue weighted by Gasteiger charge is -2.17. The van der Waals surface area contributed by atoms with Crippen molar-refractivity contribution >= 4 is 23.2 Å². The Labute approximate surface area is 155 Å². The summed E-state index contributed by atoms with van der Waals surface area (Å²) in [4.78, 5) is 34.0. The fourth-order valence-electron chi connectivity index (χ4n) is 2.30. The van der Waals surface area contributed by atoms with E-state index < -0.39 is 22.8 Å². The third kappa shape index (κ3) is 5.51. The van der Waals surface area contributed by atoms with Crippen LogP contribution >= 0.6 is 0 Å². The van der Waals surface area contributed by atoms with Crippen molar-refractivity contribution in [2.24, 2.45) is 0 Å². The molecule has 0 saturated carbocycles. The minimum Gasteiger partial charge on any atom is -0.497 e. The van der Waals surface area contributed by atoms with Crippen LogP contribution in [-0.2, 0) is 14.3 Å². The first-order valence-corrected chi connectivity index (χ1v) is 7.95. The van der Waals surface area contributed by atoms with Crippen molar-refractivity contribution in [2.75, 3.05) is 26.1 Å². The van der Waals surface area contributed by atoms with Crippen LogP contribution in [0.2, 0.25) is 0 Å². The van der Waals surface area contributed by atoms with Crippen molar-refractivity contribution in [1.82, 2.24) is 5.32 Å². The number of rotatable bonds is 7. The number of carbonyl (C=O) groups is 2. The van der Waals surface area contributed by atoms with Crippen molar-refractivity contribution in [3.8, 4) is 5.75 Å². The number of nitro groups is 1. The minimum absolute atomic E-state index is 0.0795. The zero-order valence-electron chi connectivity index (χ0n) is 14.8. The zero-order chi connectivity index (χ0) is 19.8. The molecule has 2 rings (SSSR count). The number of anilines is 1. The highest BCUT2D eigenvalue weighted by molar-refractivity contribution is 6.39. The molecule has 2 N–H and O–H groups in total. The summed E-state index contributed by atoms with van der Waals surface area (Å²) < 4.78 is 10.5. The monoisotopic (exact) mass is 373 g/mol. The highest BCUT2D eigenvalue weighted by Crippen LogP contribution is 2.21. The molecule has 0 bridgehead atoms. The van der Waals surface area contributed by atoms with Gasteiger partial charge in [0, 0.05) is 31.5 Å². The number of nitrogens with zero attached hydrogens (tertiary/aromatic N) is 1. The van der Waals surface area contributed by atoms with Gasteiger partial charge in [0.2, 0.25) is 0 Å². The van der Waals surface area contributed by atoms with Crippen molar-refractivity contribution in [1.29, 1.82) is 0 Å². The second-order valence-corrected chi connectivity index (χ2v) is 5.47. The molecule has 0 heterocycles. The number of nitro benzene ring substituents is 1. The molecule has 0 aliphatic carbocycles. The van der Waals surface area contributed by atoms with Gasteiger partial charge in [0.15, 0.2) is 0 Å². The number of hydrogen-bond donors (Lipinski definition) is 2. The van der Waals surface area contributed by atoms with Crippen LogP contribution in [-0.4, -0.2) is 37.5 Å². The molecule has 2 amide bonds. The van der Waals surface area contributed by atoms with E-state index >= 15 is 0 Å². The maximum atomic E-state index is 12.0. The molecule has 1 atom stereocenters. The van der Waals surface area contributed by atoms with Gasteiger partial charge >= 0.3 is 11.8 Å². The summed E-state index contributed by atoms with van der Waals surface area (Å²) in [6.07, 6.45) is -0.462. The molecule has 2 aromatic carbocycles. The predicted molar refractivity (Wildman–Crippen MR) is 97.5 cm³/mol. The lowest BCUT2D eigenvalue weighted by Crippen LogP contribution is -2.37. The van der Waals surface area contributed by atoms with E-state index in [-0.39, 0.29) is 17.9 Å². The molecule has 27 heavy (non-hydrogen) atoms. The molecule has 1 unspecified atom stereocenters. The Hall–Kier alpha value is -3.46. The van der Waals surface area contributed by atoms with Gasteiger partial charge in [-0.3, -0.25) is 19.7 Å². The zero-order valence-corrected chi connectivity index (χ0v) is 14.8. The van der Waals surface area contributed by atoms with Crippen LogP contribution in [0.25, 0.3) is 0 Å². The Bertz CT molecular complexity index is 822. The van der Waals surface area contributed by atoms with E-state index in [9.17, 15) is 19.7 Å². The average molecular weight is 373 g/mol. The smallest absolute Gasteiger partial charge is 0.313 e. The Morgan fingerprint density at radius 1 is 1.11 bits per heavy atom. The van der Waals surface area contributed by atoms with E-state index in [0.29, 0.717) is 5.75 Å². The quantitative estimate of drug-likeness (QED) is 0.435. The Balaban J connectivity index is 1.92. The van der Waals surface area contributed by atoms with E-state index in [4.69, 9.17) is 9.47 Å². The van der Waals surface area contributed by atoms with Crippen LogP contribution in [0.15, 0.2) is 48.5 Å². The maximum Gasteiger partial charge on any atom is 0.313 e. The highest BCUT2D eigenvalue weighted by atomic mass is 16.6.